The number of fused-ring (bicyclic) bond motifs is 2. The Labute approximate surface area is 245 Å². The van der Waals surface area contributed by atoms with Crippen LogP contribution in [0.4, 0.5) is 5.69 Å². The minimum absolute atomic E-state index is 0.0590. The summed E-state index contributed by atoms with van der Waals surface area (Å²) in [4.78, 5) is 56.0. The second-order valence-electron chi connectivity index (χ2n) is 11.9. The molecule has 4 aliphatic rings. The van der Waals surface area contributed by atoms with E-state index in [0.717, 1.165) is 62.3 Å². The van der Waals surface area contributed by atoms with Gasteiger partial charge in [0.25, 0.3) is 11.8 Å². The largest absolute Gasteiger partial charge is 0.322 e. The zero-order chi connectivity index (χ0) is 28.8. The van der Waals surface area contributed by atoms with Crippen LogP contribution >= 0.6 is 0 Å². The van der Waals surface area contributed by atoms with E-state index in [2.05, 4.69) is 40.5 Å². The van der Waals surface area contributed by atoms with Crippen LogP contribution < -0.4 is 10.2 Å². The van der Waals surface area contributed by atoms with E-state index in [0.29, 0.717) is 24.4 Å². The number of hydrogen-bond donors (Lipinski definition) is 1. The summed E-state index contributed by atoms with van der Waals surface area (Å²) in [5, 5.41) is 2.37. The van der Waals surface area contributed by atoms with Crippen LogP contribution in [0.25, 0.3) is 0 Å². The van der Waals surface area contributed by atoms with Gasteiger partial charge in [-0.15, -0.1) is 0 Å². The van der Waals surface area contributed by atoms with E-state index in [-0.39, 0.29) is 30.0 Å². The summed E-state index contributed by atoms with van der Waals surface area (Å²) in [6, 6.07) is 21.6. The van der Waals surface area contributed by atoms with Gasteiger partial charge in [0.2, 0.25) is 11.8 Å². The lowest BCUT2D eigenvalue weighted by Gasteiger charge is -2.32. The number of rotatable bonds is 5. The fraction of sp³-hybridized carbons (Fsp3) is 0.353. The quantitative estimate of drug-likeness (QED) is 0.475. The molecule has 0 aliphatic carbocycles. The number of piperidine rings is 2. The molecule has 214 valence electrons. The first-order chi connectivity index (χ1) is 20.4. The number of likely N-dealkylation sites (tertiary alicyclic amines) is 1. The molecule has 0 spiro atoms. The molecule has 2 saturated heterocycles. The zero-order valence-electron chi connectivity index (χ0n) is 23.6. The molecule has 4 amide bonds. The van der Waals surface area contributed by atoms with Gasteiger partial charge < -0.3 is 9.80 Å². The maximum Gasteiger partial charge on any atom is 0.258 e. The summed E-state index contributed by atoms with van der Waals surface area (Å²) < 4.78 is 0. The normalized spacial score (nSPS) is 21.0. The molecule has 2 fully saturated rings. The minimum atomic E-state index is -0.582. The van der Waals surface area contributed by atoms with Crippen molar-refractivity contribution in [3.63, 3.8) is 0 Å². The van der Waals surface area contributed by atoms with Gasteiger partial charge >= 0.3 is 0 Å². The van der Waals surface area contributed by atoms with E-state index in [4.69, 9.17) is 0 Å². The van der Waals surface area contributed by atoms with Gasteiger partial charge in [-0.25, -0.2) is 0 Å². The highest BCUT2D eigenvalue weighted by molar-refractivity contribution is 6.07. The average Bonchev–Trinajstić information content (AvgIpc) is 3.58. The monoisotopic (exact) mass is 562 g/mol. The Bertz CT molecular complexity index is 1580. The first-order valence-electron chi connectivity index (χ1n) is 14.9. The summed E-state index contributed by atoms with van der Waals surface area (Å²) in [7, 11) is 0. The first kappa shape index (κ1) is 26.6. The second kappa shape index (κ2) is 10.8. The van der Waals surface area contributed by atoms with Crippen LogP contribution in [0.5, 0.6) is 0 Å². The summed E-state index contributed by atoms with van der Waals surface area (Å²) >= 11 is 0. The van der Waals surface area contributed by atoms with Crippen LogP contribution in [0.1, 0.15) is 74.6 Å². The zero-order valence-corrected chi connectivity index (χ0v) is 23.6. The van der Waals surface area contributed by atoms with E-state index < -0.39 is 6.04 Å². The molecule has 1 atom stereocenters. The molecule has 3 aromatic rings. The van der Waals surface area contributed by atoms with Crippen molar-refractivity contribution in [2.75, 3.05) is 24.5 Å². The third-order valence-corrected chi connectivity index (χ3v) is 9.32. The lowest BCUT2D eigenvalue weighted by atomic mass is 9.87. The number of hydrogen-bond acceptors (Lipinski definition) is 5. The summed E-state index contributed by atoms with van der Waals surface area (Å²) in [6.07, 6.45) is 3.62. The predicted molar refractivity (Wildman–Crippen MR) is 158 cm³/mol. The van der Waals surface area contributed by atoms with Crippen molar-refractivity contribution < 1.29 is 19.2 Å². The maximum absolute atomic E-state index is 13.0. The van der Waals surface area contributed by atoms with Crippen molar-refractivity contribution >= 4 is 29.3 Å². The van der Waals surface area contributed by atoms with Crippen molar-refractivity contribution in [3.8, 4) is 0 Å². The highest BCUT2D eigenvalue weighted by atomic mass is 16.2. The van der Waals surface area contributed by atoms with Crippen molar-refractivity contribution in [1.29, 1.82) is 0 Å². The molecule has 8 heteroatoms. The van der Waals surface area contributed by atoms with Crippen molar-refractivity contribution in [2.45, 2.75) is 57.2 Å². The van der Waals surface area contributed by atoms with E-state index in [9.17, 15) is 19.2 Å². The van der Waals surface area contributed by atoms with Crippen LogP contribution in [-0.4, -0.2) is 59.1 Å². The Morgan fingerprint density at radius 1 is 0.833 bits per heavy atom. The van der Waals surface area contributed by atoms with E-state index >= 15 is 0 Å². The molecule has 0 saturated carbocycles. The second-order valence-corrected chi connectivity index (χ2v) is 11.9. The Morgan fingerprint density at radius 2 is 1.64 bits per heavy atom. The Kier molecular flexibility index (Phi) is 6.86. The number of carbonyl (C=O) groups excluding carboxylic acids is 4. The van der Waals surface area contributed by atoms with Gasteiger partial charge in [0.1, 0.15) is 6.04 Å². The molecule has 0 bridgehead atoms. The molecular formula is C34H34N4O4. The van der Waals surface area contributed by atoms with Crippen molar-refractivity contribution in [1.82, 2.24) is 15.1 Å². The molecule has 4 aliphatic heterocycles. The Hall–Kier alpha value is -4.30. The predicted octanol–water partition coefficient (Wildman–Crippen LogP) is 4.03. The Morgan fingerprint density at radius 3 is 2.43 bits per heavy atom. The van der Waals surface area contributed by atoms with Crippen LogP contribution in [0, 0.1) is 0 Å². The molecule has 1 N–H and O–H groups in total. The molecule has 0 radical (unpaired) electrons. The minimum Gasteiger partial charge on any atom is -0.322 e. The number of nitrogens with zero attached hydrogens (tertiary/aromatic N) is 3. The van der Waals surface area contributed by atoms with E-state index in [1.54, 1.807) is 4.90 Å². The van der Waals surface area contributed by atoms with Gasteiger partial charge in [0, 0.05) is 42.9 Å². The highest BCUT2D eigenvalue weighted by Gasteiger charge is 2.39. The van der Waals surface area contributed by atoms with Crippen LogP contribution in [-0.2, 0) is 29.1 Å². The maximum atomic E-state index is 13.0. The molecular weight excluding hydrogens is 528 g/mol. The van der Waals surface area contributed by atoms with E-state index in [1.165, 1.54) is 16.7 Å². The fourth-order valence-corrected chi connectivity index (χ4v) is 7.03. The smallest absolute Gasteiger partial charge is 0.258 e. The van der Waals surface area contributed by atoms with Crippen molar-refractivity contribution in [3.05, 3.63) is 100 Å². The van der Waals surface area contributed by atoms with Gasteiger partial charge in [-0.2, -0.15) is 0 Å². The van der Waals surface area contributed by atoms with Gasteiger partial charge in [0.05, 0.1) is 0 Å². The van der Waals surface area contributed by atoms with Gasteiger partial charge in [-0.1, -0.05) is 42.5 Å². The topological polar surface area (TPSA) is 90.0 Å². The van der Waals surface area contributed by atoms with Crippen LogP contribution in [0.15, 0.2) is 66.7 Å². The summed E-state index contributed by atoms with van der Waals surface area (Å²) in [5.74, 6) is -0.274. The van der Waals surface area contributed by atoms with Crippen LogP contribution in [0.2, 0.25) is 0 Å². The molecule has 0 aromatic heterocycles. The van der Waals surface area contributed by atoms with Crippen LogP contribution in [0.3, 0.4) is 0 Å². The van der Waals surface area contributed by atoms with E-state index in [1.807, 2.05) is 41.3 Å². The fourth-order valence-electron chi connectivity index (χ4n) is 7.03. The molecule has 3 aromatic carbocycles. The van der Waals surface area contributed by atoms with Gasteiger partial charge in [-0.3, -0.25) is 29.4 Å². The van der Waals surface area contributed by atoms with Gasteiger partial charge in [0.15, 0.2) is 0 Å². The number of nitrogens with one attached hydrogen (secondary N) is 1. The molecule has 8 nitrogen and oxygen atoms in total. The third kappa shape index (κ3) is 4.90. The molecule has 42 heavy (non-hydrogen) atoms. The third-order valence-electron chi connectivity index (χ3n) is 9.32. The number of amides is 4. The SMILES string of the molecule is O=C1CCC(N2Cc3cc(C4CCN(Cc5ccc6c(c5)CCN6C(=O)c5ccccc5)CC4)ccc3C2=O)C(=O)N1. The lowest BCUT2D eigenvalue weighted by Crippen LogP contribution is -2.52. The Balaban J connectivity index is 0.961. The number of anilines is 1. The molecule has 7 rings (SSSR count). The molecule has 1 unspecified atom stereocenters. The lowest BCUT2D eigenvalue weighted by molar-refractivity contribution is -0.136. The highest BCUT2D eigenvalue weighted by Crippen LogP contribution is 2.35. The van der Waals surface area contributed by atoms with Gasteiger partial charge in [-0.05, 0) is 91.2 Å². The first-order valence-corrected chi connectivity index (χ1v) is 14.9. The summed E-state index contributed by atoms with van der Waals surface area (Å²) in [6.45, 7) is 4.03. The number of imide groups is 1. The number of carbonyl (C=O) groups is 4. The average molecular weight is 563 g/mol. The number of benzene rings is 3. The standard InChI is InChI=1S/C34H34N4O4/c39-31-11-10-30(32(40)35-31)38-21-27-19-25(7-8-28(27)34(38)42)23-12-15-36(16-13-23)20-22-6-9-29-26(18-22)14-17-37(29)33(41)24-4-2-1-3-5-24/h1-9,18-19,23,30H,10-17,20-21H2,(H,35,39,40). The summed E-state index contributed by atoms with van der Waals surface area (Å²) in [5.41, 5.74) is 7.17. The molecule has 4 heterocycles. The van der Waals surface area contributed by atoms with Crippen molar-refractivity contribution in [2.24, 2.45) is 0 Å².